The molecule has 0 aromatic heterocycles. The molecule has 204 valence electrons. The lowest BCUT2D eigenvalue weighted by Gasteiger charge is -2.40. The van der Waals surface area contributed by atoms with Crippen molar-refractivity contribution in [3.63, 3.8) is 0 Å². The molecule has 1 aliphatic carbocycles. The second kappa shape index (κ2) is 11.4. The number of ketones is 1. The van der Waals surface area contributed by atoms with Crippen LogP contribution in [-0.4, -0.2) is 43.3 Å². The summed E-state index contributed by atoms with van der Waals surface area (Å²) in [5.41, 5.74) is 5.85. The van der Waals surface area contributed by atoms with Gasteiger partial charge in [-0.3, -0.25) is 9.59 Å². The number of piperidine rings is 1. The number of amides is 1. The summed E-state index contributed by atoms with van der Waals surface area (Å²) in [6.07, 6.45) is 3.44. The lowest BCUT2D eigenvalue weighted by molar-refractivity contribution is 0.0770. The molecular formula is C33H36Cl2N2O2. The zero-order valence-electron chi connectivity index (χ0n) is 22.9. The predicted octanol–water partition coefficient (Wildman–Crippen LogP) is 7.38. The van der Waals surface area contributed by atoms with Crippen molar-refractivity contribution in [2.75, 3.05) is 26.7 Å². The maximum atomic E-state index is 13.8. The molecule has 1 spiro atoms. The summed E-state index contributed by atoms with van der Waals surface area (Å²) in [6.45, 7) is 6.38. The molecular weight excluding hydrogens is 527 g/mol. The van der Waals surface area contributed by atoms with E-state index in [0.29, 0.717) is 22.2 Å². The first-order valence-corrected chi connectivity index (χ1v) is 14.6. The van der Waals surface area contributed by atoms with Crippen molar-refractivity contribution in [2.24, 2.45) is 5.92 Å². The molecule has 2 aliphatic rings. The minimum Gasteiger partial charge on any atom is -0.341 e. The fourth-order valence-corrected chi connectivity index (χ4v) is 7.19. The number of carbonyl (C=O) groups excluding carboxylic acids is 2. The Kier molecular flexibility index (Phi) is 8.19. The van der Waals surface area contributed by atoms with Crippen LogP contribution in [0.25, 0.3) is 0 Å². The van der Waals surface area contributed by atoms with Crippen LogP contribution in [0.5, 0.6) is 0 Å². The Morgan fingerprint density at radius 3 is 2.38 bits per heavy atom. The third kappa shape index (κ3) is 5.52. The monoisotopic (exact) mass is 562 g/mol. The van der Waals surface area contributed by atoms with Crippen molar-refractivity contribution in [3.05, 3.63) is 104 Å². The van der Waals surface area contributed by atoms with Crippen LogP contribution < -0.4 is 5.32 Å². The highest BCUT2D eigenvalue weighted by atomic mass is 35.5. The first-order chi connectivity index (χ1) is 18.7. The van der Waals surface area contributed by atoms with Crippen molar-refractivity contribution < 1.29 is 9.59 Å². The molecule has 1 unspecified atom stereocenters. The standard InChI is InChI=1S/C33H36Cl2N2O2/c1-21-16-22(2)18-25(17-21)32(39)37(3)20-24(23-9-11-29(34)30(35)19-23)8-10-28-31(38)26-6-4-5-7-27(26)33(28)12-14-36-15-13-33/h4-7,9,11,16-19,24,28,36H,8,10,12-15,20H2,1-3H3/t24-,28?/m1/s1. The van der Waals surface area contributed by atoms with Gasteiger partial charge in [0.15, 0.2) is 5.78 Å². The Bertz CT molecular complexity index is 1380. The van der Waals surface area contributed by atoms with Crippen LogP contribution in [0.4, 0.5) is 0 Å². The van der Waals surface area contributed by atoms with E-state index in [-0.39, 0.29) is 28.9 Å². The number of hydrogen-bond donors (Lipinski definition) is 1. The van der Waals surface area contributed by atoms with Crippen LogP contribution in [0.1, 0.15) is 74.6 Å². The number of aryl methyl sites for hydroxylation is 2. The molecule has 3 aromatic rings. The van der Waals surface area contributed by atoms with E-state index in [9.17, 15) is 9.59 Å². The second-order valence-electron chi connectivity index (χ2n) is 11.4. The quantitative estimate of drug-likeness (QED) is 0.326. The van der Waals surface area contributed by atoms with Gasteiger partial charge in [-0.1, -0.05) is 70.7 Å². The van der Waals surface area contributed by atoms with E-state index in [2.05, 4.69) is 23.5 Å². The molecule has 2 atom stereocenters. The Labute approximate surface area is 241 Å². The Morgan fingerprint density at radius 2 is 1.69 bits per heavy atom. The van der Waals surface area contributed by atoms with E-state index in [4.69, 9.17) is 23.2 Å². The highest BCUT2D eigenvalue weighted by molar-refractivity contribution is 6.42. The normalized spacial score (nSPS) is 18.7. The molecule has 0 radical (unpaired) electrons. The number of nitrogens with one attached hydrogen (secondary N) is 1. The van der Waals surface area contributed by atoms with Crippen molar-refractivity contribution in [1.82, 2.24) is 10.2 Å². The summed E-state index contributed by atoms with van der Waals surface area (Å²) in [7, 11) is 1.86. The van der Waals surface area contributed by atoms with Crippen LogP contribution in [-0.2, 0) is 5.41 Å². The van der Waals surface area contributed by atoms with Gasteiger partial charge in [0.1, 0.15) is 0 Å². The summed E-state index contributed by atoms with van der Waals surface area (Å²) in [6, 6.07) is 19.9. The van der Waals surface area contributed by atoms with Crippen LogP contribution in [0.15, 0.2) is 60.7 Å². The maximum Gasteiger partial charge on any atom is 0.253 e. The molecule has 1 amide bonds. The van der Waals surface area contributed by atoms with Crippen molar-refractivity contribution in [3.8, 4) is 0 Å². The molecule has 1 N–H and O–H groups in total. The zero-order chi connectivity index (χ0) is 27.7. The summed E-state index contributed by atoms with van der Waals surface area (Å²) < 4.78 is 0. The molecule has 39 heavy (non-hydrogen) atoms. The molecule has 1 heterocycles. The van der Waals surface area contributed by atoms with Gasteiger partial charge in [0.05, 0.1) is 10.0 Å². The number of carbonyl (C=O) groups is 2. The number of rotatable bonds is 7. The summed E-state index contributed by atoms with van der Waals surface area (Å²) in [5.74, 6) is 0.198. The van der Waals surface area contributed by atoms with Gasteiger partial charge >= 0.3 is 0 Å². The van der Waals surface area contributed by atoms with Crippen LogP contribution in [0.3, 0.4) is 0 Å². The summed E-state index contributed by atoms with van der Waals surface area (Å²) in [5, 5.41) is 4.49. The highest BCUT2D eigenvalue weighted by Crippen LogP contribution is 2.51. The van der Waals surface area contributed by atoms with Crippen LogP contribution >= 0.6 is 23.2 Å². The van der Waals surface area contributed by atoms with Crippen molar-refractivity contribution >= 4 is 34.9 Å². The summed E-state index contributed by atoms with van der Waals surface area (Å²) >= 11 is 12.7. The van der Waals surface area contributed by atoms with E-state index in [0.717, 1.165) is 61.0 Å². The van der Waals surface area contributed by atoms with Gasteiger partial charge in [0.2, 0.25) is 0 Å². The number of Topliss-reactive ketones (excluding diaryl/α,β-unsaturated/α-hetero) is 1. The first kappa shape index (κ1) is 27.9. The lowest BCUT2D eigenvalue weighted by Crippen LogP contribution is -2.44. The van der Waals surface area contributed by atoms with Crippen LogP contribution in [0.2, 0.25) is 10.0 Å². The smallest absolute Gasteiger partial charge is 0.253 e. The molecule has 0 bridgehead atoms. The van der Waals surface area contributed by atoms with E-state index >= 15 is 0 Å². The van der Waals surface area contributed by atoms with Gasteiger partial charge < -0.3 is 10.2 Å². The minimum absolute atomic E-state index is 0.00830. The third-order valence-corrected chi connectivity index (χ3v) is 9.48. The van der Waals surface area contributed by atoms with Gasteiger partial charge in [-0.25, -0.2) is 0 Å². The van der Waals surface area contributed by atoms with Crippen molar-refractivity contribution in [1.29, 1.82) is 0 Å². The van der Waals surface area contributed by atoms with Gasteiger partial charge in [0.25, 0.3) is 5.91 Å². The Hall–Kier alpha value is -2.66. The highest BCUT2D eigenvalue weighted by Gasteiger charge is 2.51. The topological polar surface area (TPSA) is 49.4 Å². The van der Waals surface area contributed by atoms with Gasteiger partial charge in [-0.2, -0.15) is 0 Å². The van der Waals surface area contributed by atoms with Gasteiger partial charge in [-0.15, -0.1) is 0 Å². The summed E-state index contributed by atoms with van der Waals surface area (Å²) in [4.78, 5) is 29.0. The van der Waals surface area contributed by atoms with Gasteiger partial charge in [0, 0.05) is 42.0 Å². The number of hydrogen-bond acceptors (Lipinski definition) is 3. The van der Waals surface area contributed by atoms with Crippen molar-refractivity contribution in [2.45, 2.75) is 50.9 Å². The van der Waals surface area contributed by atoms with Gasteiger partial charge in [-0.05, 0) is 88.0 Å². The number of halogens is 2. The number of fused-ring (bicyclic) bond motifs is 2. The fraction of sp³-hybridized carbons (Fsp3) is 0.394. The van der Waals surface area contributed by atoms with E-state index < -0.39 is 0 Å². The molecule has 6 heteroatoms. The molecule has 5 rings (SSSR count). The third-order valence-electron chi connectivity index (χ3n) is 8.74. The van der Waals surface area contributed by atoms with E-state index in [1.165, 1.54) is 5.56 Å². The zero-order valence-corrected chi connectivity index (χ0v) is 24.4. The molecule has 4 nitrogen and oxygen atoms in total. The maximum absolute atomic E-state index is 13.8. The molecule has 1 fully saturated rings. The van der Waals surface area contributed by atoms with Crippen LogP contribution in [0, 0.1) is 19.8 Å². The predicted molar refractivity (Wildman–Crippen MR) is 159 cm³/mol. The average molecular weight is 564 g/mol. The average Bonchev–Trinajstić information content (AvgIpc) is 3.14. The Morgan fingerprint density at radius 1 is 1.00 bits per heavy atom. The minimum atomic E-state index is -0.123. The Balaban J connectivity index is 1.42. The number of benzene rings is 3. The second-order valence-corrected chi connectivity index (χ2v) is 12.2. The molecule has 0 saturated carbocycles. The largest absolute Gasteiger partial charge is 0.341 e. The fourth-order valence-electron chi connectivity index (χ4n) is 6.89. The van der Waals surface area contributed by atoms with E-state index in [1.54, 1.807) is 4.90 Å². The lowest BCUT2D eigenvalue weighted by atomic mass is 9.66. The first-order valence-electron chi connectivity index (χ1n) is 13.8. The molecule has 1 saturated heterocycles. The SMILES string of the molecule is Cc1cc(C)cc(C(=O)N(C)C[C@@H](CCC2C(=O)c3ccccc3C23CCNCC3)c2ccc(Cl)c(Cl)c2)c1. The molecule has 1 aliphatic heterocycles. The number of nitrogens with zero attached hydrogens (tertiary/aromatic N) is 1. The van der Waals surface area contributed by atoms with E-state index in [1.807, 2.05) is 63.4 Å². The number of likely N-dealkylation sites (N-methyl/N-ethyl adjacent to an activating group) is 1. The molecule has 3 aromatic carbocycles.